The van der Waals surface area contributed by atoms with Crippen LogP contribution in [0.25, 0.3) is 0 Å². The normalized spacial score (nSPS) is 15.2. The molecular formula is C59H88N12O18. The van der Waals surface area contributed by atoms with Gasteiger partial charge < -0.3 is 85.5 Å². The second kappa shape index (κ2) is 37.6. The first kappa shape index (κ1) is 76.0. The highest BCUT2D eigenvalue weighted by Crippen LogP contribution is 2.18. The molecule has 0 radical (unpaired) electrons. The third-order valence-electron chi connectivity index (χ3n) is 14.0. The van der Waals surface area contributed by atoms with Gasteiger partial charge in [-0.1, -0.05) is 109 Å². The molecule has 11 amide bonds. The number of rotatable bonds is 40. The van der Waals surface area contributed by atoms with E-state index >= 15 is 0 Å². The van der Waals surface area contributed by atoms with E-state index < -0.39 is 199 Å². The lowest BCUT2D eigenvalue weighted by Gasteiger charge is -2.31. The Bertz CT molecular complexity index is 2790. The fourth-order valence-electron chi connectivity index (χ4n) is 8.98. The van der Waals surface area contributed by atoms with Crippen molar-refractivity contribution in [2.75, 3.05) is 0 Å². The molecule has 0 bridgehead atoms. The van der Waals surface area contributed by atoms with Gasteiger partial charge in [0.05, 0.1) is 31.0 Å². The zero-order valence-electron chi connectivity index (χ0n) is 51.2. The Hall–Kier alpha value is -9.06. The van der Waals surface area contributed by atoms with Gasteiger partial charge in [0.15, 0.2) is 0 Å². The van der Waals surface area contributed by atoms with Crippen molar-refractivity contribution in [3.05, 3.63) is 71.8 Å². The Morgan fingerprint density at radius 1 is 0.427 bits per heavy atom. The van der Waals surface area contributed by atoms with Gasteiger partial charge in [0.25, 0.3) is 0 Å². The van der Waals surface area contributed by atoms with Gasteiger partial charge in [0.2, 0.25) is 65.0 Å². The van der Waals surface area contributed by atoms with Gasteiger partial charge in [-0.05, 0) is 61.5 Å². The van der Waals surface area contributed by atoms with Crippen molar-refractivity contribution in [1.29, 1.82) is 0 Å². The average molecular weight is 1250 g/mol. The first-order valence-corrected chi connectivity index (χ1v) is 29.1. The van der Waals surface area contributed by atoms with Crippen LogP contribution in [-0.2, 0) is 80.0 Å². The number of aliphatic hydroxyl groups is 1. The van der Waals surface area contributed by atoms with E-state index in [1.807, 2.05) is 0 Å². The summed E-state index contributed by atoms with van der Waals surface area (Å²) in [6.07, 6.45) is -5.42. The van der Waals surface area contributed by atoms with Crippen molar-refractivity contribution in [2.45, 2.75) is 186 Å². The van der Waals surface area contributed by atoms with Crippen LogP contribution >= 0.6 is 0 Å². The number of aliphatic hydroxyl groups excluding tert-OH is 1. The third-order valence-corrected chi connectivity index (χ3v) is 14.0. The molecule has 0 spiro atoms. The summed E-state index contributed by atoms with van der Waals surface area (Å²) in [7, 11) is 0. The Morgan fingerprint density at radius 2 is 0.843 bits per heavy atom. The van der Waals surface area contributed by atoms with Crippen LogP contribution in [0.5, 0.6) is 0 Å². The molecule has 0 unspecified atom stereocenters. The number of nitrogens with two attached hydrogens (primary N) is 3. The number of carbonyl (C=O) groups is 14. The standard InChI is InChI=1S/C59H88N12O18/c1-29(2)23-38(65-57(87)42(27-44(61)73)69-59(89)49(31(5)6)71-53(83)36(60)19-21-45(74)75)43(72)24-32(7)51(81)70-48(30(3)4)58(88)68-41(26-35-17-13-10-14-18-35)56(86)67-40(25-34-15-11-9-12-16-34)55(85)63-33(8)52(82)64-37(20-22-46(76)77)54(84)66-39(50(62)80)28-47(78)79/h9-18,29-33,36-43,48-49,72H,19-28,60H2,1-8H3,(H2,61,73)(H2,62,80)(H,63,85)(H,64,82)(H,65,87)(H,66,84)(H,67,86)(H,68,88)(H,69,89)(H,70,81)(H,71,83)(H,74,75)(H,76,77)(H,78,79)/t32-,33+,36+,37+,38+,39+,40+,41+,42+,43+,48+,49+/m1/s1. The molecule has 0 aromatic heterocycles. The van der Waals surface area contributed by atoms with Gasteiger partial charge in [0, 0.05) is 31.6 Å². The van der Waals surface area contributed by atoms with Gasteiger partial charge in [-0.3, -0.25) is 67.1 Å². The van der Waals surface area contributed by atoms with Crippen LogP contribution in [0, 0.1) is 23.7 Å². The van der Waals surface area contributed by atoms with E-state index in [2.05, 4.69) is 47.9 Å². The molecule has 0 aliphatic heterocycles. The number of carbonyl (C=O) groups excluding carboxylic acids is 11. The highest BCUT2D eigenvalue weighted by atomic mass is 16.4. The van der Waals surface area contributed by atoms with Gasteiger partial charge in [-0.25, -0.2) is 0 Å². The zero-order valence-corrected chi connectivity index (χ0v) is 51.2. The van der Waals surface area contributed by atoms with E-state index in [9.17, 15) is 82.4 Å². The summed E-state index contributed by atoms with van der Waals surface area (Å²) in [6, 6.07) is 2.45. The number of hydrogen-bond acceptors (Lipinski definition) is 16. The van der Waals surface area contributed by atoms with Gasteiger partial charge >= 0.3 is 17.9 Å². The number of carboxylic acid groups (broad SMARTS) is 3. The topological polar surface area (TPSA) is 506 Å². The first-order valence-electron chi connectivity index (χ1n) is 29.1. The highest BCUT2D eigenvalue weighted by molar-refractivity contribution is 5.98. The minimum absolute atomic E-state index is 0.123. The smallest absolute Gasteiger partial charge is 0.305 e. The highest BCUT2D eigenvalue weighted by Gasteiger charge is 2.37. The first-order chi connectivity index (χ1) is 41.6. The SMILES string of the molecule is CC(C)C[C@H](NC(=O)[C@H](CC(N)=O)NC(=O)[C@@H](NC(=O)[C@@H](N)CCC(=O)O)C(C)C)[C@@H](O)C[C@@H](C)C(=O)N[C@H](C(=O)N[C@@H](Cc1ccccc1)C(=O)N[C@@H](Cc1ccccc1)C(=O)N[C@@H](C)C(=O)N[C@@H](CCC(=O)O)C(=O)N[C@@H](CC(=O)O)C(N)=O)C(C)C. The summed E-state index contributed by atoms with van der Waals surface area (Å²) < 4.78 is 0. The van der Waals surface area contributed by atoms with Crippen molar-refractivity contribution >= 4 is 82.9 Å². The molecule has 0 aliphatic rings. The Balaban J connectivity index is 2.39. The van der Waals surface area contributed by atoms with Crippen LogP contribution in [0.4, 0.5) is 0 Å². The molecule has 2 rings (SSSR count). The lowest BCUT2D eigenvalue weighted by atomic mass is 9.91. The summed E-state index contributed by atoms with van der Waals surface area (Å²) in [5.74, 6) is -16.9. The third kappa shape index (κ3) is 28.1. The van der Waals surface area contributed by atoms with E-state index in [-0.39, 0.29) is 38.0 Å². The van der Waals surface area contributed by atoms with E-state index in [1.54, 1.807) is 102 Å². The van der Waals surface area contributed by atoms with Crippen molar-refractivity contribution in [3.63, 3.8) is 0 Å². The maximum absolute atomic E-state index is 14.6. The lowest BCUT2D eigenvalue weighted by Crippen LogP contribution is -2.60. The van der Waals surface area contributed by atoms with E-state index in [0.29, 0.717) is 11.1 Å². The number of aliphatic carboxylic acids is 3. The van der Waals surface area contributed by atoms with Gasteiger partial charge in [-0.2, -0.15) is 0 Å². The summed E-state index contributed by atoms with van der Waals surface area (Å²) in [4.78, 5) is 182. The van der Waals surface area contributed by atoms with Gasteiger partial charge in [0.1, 0.15) is 48.3 Å². The largest absolute Gasteiger partial charge is 0.481 e. The molecule has 0 aliphatic carbocycles. The van der Waals surface area contributed by atoms with Crippen molar-refractivity contribution in [2.24, 2.45) is 40.9 Å². The predicted molar refractivity (Wildman–Crippen MR) is 319 cm³/mol. The molecular weight excluding hydrogens is 1160 g/mol. The summed E-state index contributed by atoms with van der Waals surface area (Å²) in [5.41, 5.74) is 17.7. The number of benzene rings is 2. The van der Waals surface area contributed by atoms with E-state index in [0.717, 1.165) is 0 Å². The number of primary amides is 2. The molecule has 0 saturated heterocycles. The number of amides is 11. The minimum Gasteiger partial charge on any atom is -0.481 e. The molecule has 0 saturated carbocycles. The van der Waals surface area contributed by atoms with Gasteiger partial charge in [-0.15, -0.1) is 0 Å². The molecule has 19 N–H and O–H groups in total. The molecule has 12 atom stereocenters. The quantitative estimate of drug-likeness (QED) is 0.0328. The molecule has 30 heteroatoms. The van der Waals surface area contributed by atoms with Crippen LogP contribution in [0.2, 0.25) is 0 Å². The fourth-order valence-corrected chi connectivity index (χ4v) is 8.98. The second-order valence-electron chi connectivity index (χ2n) is 23.0. The number of carboxylic acids is 3. The summed E-state index contributed by atoms with van der Waals surface area (Å²) in [5, 5.41) is 61.7. The second-order valence-corrected chi connectivity index (χ2v) is 23.0. The van der Waals surface area contributed by atoms with Crippen LogP contribution in [-0.4, -0.2) is 170 Å². The minimum atomic E-state index is -1.73. The zero-order chi connectivity index (χ0) is 67.4. The van der Waals surface area contributed by atoms with E-state index in [1.165, 1.54) is 13.8 Å². The average Bonchev–Trinajstić information content (AvgIpc) is 2.60. The summed E-state index contributed by atoms with van der Waals surface area (Å²) >= 11 is 0. The van der Waals surface area contributed by atoms with Crippen molar-refractivity contribution in [3.8, 4) is 0 Å². The monoisotopic (exact) mass is 1250 g/mol. The van der Waals surface area contributed by atoms with Crippen LogP contribution in [0.3, 0.4) is 0 Å². The molecule has 0 heterocycles. The lowest BCUT2D eigenvalue weighted by molar-refractivity contribution is -0.141. The molecule has 2 aromatic carbocycles. The molecule has 492 valence electrons. The number of hydrogen-bond donors (Lipinski definition) is 16. The fraction of sp³-hybridized carbons (Fsp3) is 0.559. The Morgan fingerprint density at radius 3 is 1.29 bits per heavy atom. The Labute approximate surface area is 515 Å². The maximum Gasteiger partial charge on any atom is 0.305 e. The number of nitrogens with one attached hydrogen (secondary N) is 9. The summed E-state index contributed by atoms with van der Waals surface area (Å²) in [6.45, 7) is 12.7. The van der Waals surface area contributed by atoms with Crippen molar-refractivity contribution in [1.82, 2.24) is 47.9 Å². The van der Waals surface area contributed by atoms with Crippen LogP contribution < -0.4 is 65.1 Å². The van der Waals surface area contributed by atoms with Crippen LogP contribution in [0.15, 0.2) is 60.7 Å². The Kier molecular flexibility index (Phi) is 32.1. The molecule has 89 heavy (non-hydrogen) atoms. The predicted octanol–water partition coefficient (Wildman–Crippen LogP) is -2.51. The molecule has 30 nitrogen and oxygen atoms in total. The molecule has 0 fully saturated rings. The molecule has 2 aromatic rings. The van der Waals surface area contributed by atoms with E-state index in [4.69, 9.17) is 22.3 Å². The maximum atomic E-state index is 14.6. The van der Waals surface area contributed by atoms with Crippen molar-refractivity contribution < 1.29 is 87.5 Å². The van der Waals surface area contributed by atoms with Crippen LogP contribution in [0.1, 0.15) is 118 Å².